The van der Waals surface area contributed by atoms with Gasteiger partial charge in [0.05, 0.1) is 6.61 Å². The molecule has 0 spiro atoms. The van der Waals surface area contributed by atoms with Crippen molar-refractivity contribution in [2.24, 2.45) is 22.6 Å². The smallest absolute Gasteiger partial charge is 0.188 e. The first-order valence-electron chi connectivity index (χ1n) is 8.03. The first-order chi connectivity index (χ1) is 9.78. The molecular formula is C15H31IN4O. The van der Waals surface area contributed by atoms with Gasteiger partial charge in [-0.15, -0.1) is 24.0 Å². The minimum Gasteiger partial charge on any atom is -0.383 e. The van der Waals surface area contributed by atoms with Crippen molar-refractivity contribution in [1.82, 2.24) is 10.2 Å². The Kier molecular flexibility index (Phi) is 9.59. The van der Waals surface area contributed by atoms with Crippen LogP contribution < -0.4 is 11.1 Å². The van der Waals surface area contributed by atoms with Crippen LogP contribution in [-0.4, -0.2) is 57.3 Å². The average Bonchev–Trinajstić information content (AvgIpc) is 2.42. The lowest BCUT2D eigenvalue weighted by atomic mass is 9.86. The number of halogens is 1. The van der Waals surface area contributed by atoms with Gasteiger partial charge < -0.3 is 20.7 Å². The predicted molar refractivity (Wildman–Crippen MR) is 98.3 cm³/mol. The Hall–Kier alpha value is -0.0800. The maximum Gasteiger partial charge on any atom is 0.188 e. The minimum absolute atomic E-state index is 0. The molecule has 1 aliphatic heterocycles. The van der Waals surface area contributed by atoms with Crippen molar-refractivity contribution in [3.63, 3.8) is 0 Å². The molecule has 1 saturated carbocycles. The molecule has 1 heterocycles. The molecule has 124 valence electrons. The van der Waals surface area contributed by atoms with E-state index in [0.717, 1.165) is 38.1 Å². The number of hydrogen-bond acceptors (Lipinski definition) is 3. The summed E-state index contributed by atoms with van der Waals surface area (Å²) in [4.78, 5) is 6.92. The van der Waals surface area contributed by atoms with Crippen molar-refractivity contribution in [2.45, 2.75) is 32.1 Å². The van der Waals surface area contributed by atoms with Gasteiger partial charge in [-0.25, -0.2) is 0 Å². The highest BCUT2D eigenvalue weighted by atomic mass is 127. The fourth-order valence-corrected chi connectivity index (χ4v) is 2.84. The molecule has 2 aliphatic rings. The molecule has 0 bridgehead atoms. The molecule has 6 heteroatoms. The second kappa shape index (κ2) is 10.6. The quantitative estimate of drug-likeness (QED) is 0.381. The highest BCUT2D eigenvalue weighted by Gasteiger charge is 2.19. The first kappa shape index (κ1) is 19.0. The average molecular weight is 410 g/mol. The maximum atomic E-state index is 5.92. The molecule has 0 radical (unpaired) electrons. The molecule has 2 rings (SSSR count). The second-order valence-corrected chi connectivity index (χ2v) is 6.18. The number of ether oxygens (including phenoxy) is 1. The maximum absolute atomic E-state index is 5.92. The molecular weight excluding hydrogens is 379 g/mol. The van der Waals surface area contributed by atoms with Crippen LogP contribution in [0.1, 0.15) is 32.1 Å². The van der Waals surface area contributed by atoms with E-state index >= 15 is 0 Å². The van der Waals surface area contributed by atoms with Gasteiger partial charge in [-0.2, -0.15) is 0 Å². The first-order valence-corrected chi connectivity index (χ1v) is 8.03. The predicted octanol–water partition coefficient (Wildman–Crippen LogP) is 1.67. The highest BCUT2D eigenvalue weighted by Crippen LogP contribution is 2.26. The Balaban J connectivity index is 0.00000220. The van der Waals surface area contributed by atoms with Gasteiger partial charge in [0.15, 0.2) is 5.96 Å². The third-order valence-electron chi connectivity index (χ3n) is 4.64. The van der Waals surface area contributed by atoms with Crippen molar-refractivity contribution in [3.05, 3.63) is 0 Å². The van der Waals surface area contributed by atoms with E-state index in [1.165, 1.54) is 45.2 Å². The number of nitrogens with one attached hydrogen (secondary N) is 1. The van der Waals surface area contributed by atoms with Crippen LogP contribution in [0, 0.1) is 11.8 Å². The van der Waals surface area contributed by atoms with Crippen molar-refractivity contribution < 1.29 is 4.74 Å². The van der Waals surface area contributed by atoms with Gasteiger partial charge in [0.1, 0.15) is 0 Å². The number of aliphatic imine (C=N–C) groups is 1. The van der Waals surface area contributed by atoms with E-state index in [0.29, 0.717) is 5.96 Å². The van der Waals surface area contributed by atoms with E-state index in [2.05, 4.69) is 15.2 Å². The van der Waals surface area contributed by atoms with Crippen LogP contribution in [-0.2, 0) is 4.74 Å². The number of piperidine rings is 1. The normalized spacial score (nSPS) is 21.7. The summed E-state index contributed by atoms with van der Waals surface area (Å²) in [5.41, 5.74) is 5.92. The van der Waals surface area contributed by atoms with E-state index in [9.17, 15) is 0 Å². The number of likely N-dealkylation sites (tertiary alicyclic amines) is 1. The highest BCUT2D eigenvalue weighted by molar-refractivity contribution is 14.0. The summed E-state index contributed by atoms with van der Waals surface area (Å²) >= 11 is 0. The lowest BCUT2D eigenvalue weighted by Crippen LogP contribution is -2.41. The van der Waals surface area contributed by atoms with E-state index in [1.54, 1.807) is 7.11 Å². The van der Waals surface area contributed by atoms with Gasteiger partial charge in [0.2, 0.25) is 0 Å². The molecule has 1 saturated heterocycles. The zero-order chi connectivity index (χ0) is 14.2. The lowest BCUT2D eigenvalue weighted by molar-refractivity contribution is 0.121. The van der Waals surface area contributed by atoms with E-state index in [1.807, 2.05) is 0 Å². The van der Waals surface area contributed by atoms with Crippen LogP contribution in [0.5, 0.6) is 0 Å². The van der Waals surface area contributed by atoms with Crippen molar-refractivity contribution in [1.29, 1.82) is 0 Å². The number of methoxy groups -OCH3 is 1. The monoisotopic (exact) mass is 410 g/mol. The van der Waals surface area contributed by atoms with Crippen LogP contribution in [0.15, 0.2) is 4.99 Å². The van der Waals surface area contributed by atoms with Crippen LogP contribution in [0.25, 0.3) is 0 Å². The molecule has 0 unspecified atom stereocenters. The molecule has 0 amide bonds. The van der Waals surface area contributed by atoms with Gasteiger partial charge >= 0.3 is 0 Å². The Labute approximate surface area is 146 Å². The second-order valence-electron chi connectivity index (χ2n) is 6.18. The van der Waals surface area contributed by atoms with E-state index in [4.69, 9.17) is 10.5 Å². The summed E-state index contributed by atoms with van der Waals surface area (Å²) in [6.07, 6.45) is 6.52. The zero-order valence-electron chi connectivity index (χ0n) is 13.2. The molecule has 1 aliphatic carbocycles. The summed E-state index contributed by atoms with van der Waals surface area (Å²) in [6.45, 7) is 6.13. The van der Waals surface area contributed by atoms with Crippen LogP contribution >= 0.6 is 24.0 Å². The number of nitrogens with zero attached hydrogens (tertiary/aromatic N) is 2. The zero-order valence-corrected chi connectivity index (χ0v) is 15.6. The SMILES string of the molecule is COCCN1CCC(CNC(N)=NCC2CCC2)CC1.I. The number of rotatable bonds is 7. The summed E-state index contributed by atoms with van der Waals surface area (Å²) in [5.74, 6) is 2.16. The summed E-state index contributed by atoms with van der Waals surface area (Å²) in [6, 6.07) is 0. The van der Waals surface area contributed by atoms with Gasteiger partial charge in [0, 0.05) is 26.7 Å². The number of hydrogen-bond donors (Lipinski definition) is 2. The van der Waals surface area contributed by atoms with Crippen molar-refractivity contribution >= 4 is 29.9 Å². The molecule has 5 nitrogen and oxygen atoms in total. The largest absolute Gasteiger partial charge is 0.383 e. The third kappa shape index (κ3) is 7.15. The Morgan fingerprint density at radius 1 is 1.24 bits per heavy atom. The lowest BCUT2D eigenvalue weighted by Gasteiger charge is -2.31. The molecule has 2 fully saturated rings. The summed E-state index contributed by atoms with van der Waals surface area (Å²) in [5, 5.41) is 3.30. The van der Waals surface area contributed by atoms with E-state index in [-0.39, 0.29) is 24.0 Å². The summed E-state index contributed by atoms with van der Waals surface area (Å²) in [7, 11) is 1.77. The summed E-state index contributed by atoms with van der Waals surface area (Å²) < 4.78 is 5.12. The molecule has 0 atom stereocenters. The Morgan fingerprint density at radius 2 is 1.95 bits per heavy atom. The van der Waals surface area contributed by atoms with Crippen molar-refractivity contribution in [3.8, 4) is 0 Å². The van der Waals surface area contributed by atoms with Crippen LogP contribution in [0.3, 0.4) is 0 Å². The van der Waals surface area contributed by atoms with Crippen LogP contribution in [0.2, 0.25) is 0 Å². The fraction of sp³-hybridized carbons (Fsp3) is 0.933. The standard InChI is InChI=1S/C15H30N4O.HI/c1-20-10-9-19-7-5-14(6-8-19)12-18-15(16)17-11-13-3-2-4-13;/h13-14H,2-12H2,1H3,(H3,16,17,18);1H. The van der Waals surface area contributed by atoms with Gasteiger partial charge in [-0.1, -0.05) is 6.42 Å². The van der Waals surface area contributed by atoms with Crippen LogP contribution in [0.4, 0.5) is 0 Å². The molecule has 0 aromatic rings. The molecule has 21 heavy (non-hydrogen) atoms. The topological polar surface area (TPSA) is 62.9 Å². The van der Waals surface area contributed by atoms with Crippen molar-refractivity contribution in [2.75, 3.05) is 46.4 Å². The number of guanidine groups is 1. The molecule has 3 N–H and O–H groups in total. The number of nitrogens with two attached hydrogens (primary N) is 1. The molecule has 0 aromatic heterocycles. The Bertz CT molecular complexity index is 302. The van der Waals surface area contributed by atoms with Gasteiger partial charge in [-0.3, -0.25) is 4.99 Å². The van der Waals surface area contributed by atoms with Gasteiger partial charge in [-0.05, 0) is 50.6 Å². The fourth-order valence-electron chi connectivity index (χ4n) is 2.84. The van der Waals surface area contributed by atoms with Gasteiger partial charge in [0.25, 0.3) is 0 Å². The Morgan fingerprint density at radius 3 is 2.52 bits per heavy atom. The third-order valence-corrected chi connectivity index (χ3v) is 4.64. The minimum atomic E-state index is 0. The van der Waals surface area contributed by atoms with E-state index < -0.39 is 0 Å². The molecule has 0 aromatic carbocycles.